The van der Waals surface area contributed by atoms with Gasteiger partial charge in [-0.15, -0.1) is 0 Å². The van der Waals surface area contributed by atoms with Crippen LogP contribution in [0.2, 0.25) is 0 Å². The number of hydrogen-bond acceptors (Lipinski definition) is 2. The van der Waals surface area contributed by atoms with Gasteiger partial charge in [-0.3, -0.25) is 5.41 Å². The molecule has 2 rings (SSSR count). The highest BCUT2D eigenvalue weighted by Crippen LogP contribution is 2.18. The van der Waals surface area contributed by atoms with E-state index < -0.39 is 0 Å². The van der Waals surface area contributed by atoms with Crippen molar-refractivity contribution >= 4 is 11.7 Å². The van der Waals surface area contributed by atoms with Gasteiger partial charge in [-0.25, -0.2) is 0 Å². The van der Waals surface area contributed by atoms with Gasteiger partial charge in [-0.2, -0.15) is 4.99 Å². The molecule has 1 aromatic carbocycles. The van der Waals surface area contributed by atoms with Crippen LogP contribution in [-0.2, 0) is 4.74 Å². The van der Waals surface area contributed by atoms with Gasteiger partial charge in [-0.1, -0.05) is 18.2 Å². The quantitative estimate of drug-likeness (QED) is 0.693. The first kappa shape index (κ1) is 7.98. The van der Waals surface area contributed by atoms with Crippen molar-refractivity contribution in [1.82, 2.24) is 0 Å². The van der Waals surface area contributed by atoms with Crippen molar-refractivity contribution < 1.29 is 4.74 Å². The molecule has 1 heterocycles. The first-order chi connectivity index (χ1) is 6.33. The Morgan fingerprint density at radius 3 is 2.69 bits per heavy atom. The normalized spacial score (nSPS) is 13.9. The van der Waals surface area contributed by atoms with Crippen LogP contribution in [0.15, 0.2) is 29.3 Å². The molecule has 1 aliphatic rings. The lowest BCUT2D eigenvalue weighted by Crippen LogP contribution is -2.03. The zero-order valence-corrected chi connectivity index (χ0v) is 7.37. The van der Waals surface area contributed by atoms with Crippen LogP contribution in [0.4, 0.5) is 0 Å². The average Bonchev–Trinajstić information content (AvgIpc) is 2.46. The topological polar surface area (TPSA) is 45.4 Å². The molecule has 0 bridgehead atoms. The van der Waals surface area contributed by atoms with Crippen LogP contribution < -0.4 is 0 Å². The molecule has 0 atom stereocenters. The molecule has 0 aliphatic carbocycles. The molecule has 0 amide bonds. The Morgan fingerprint density at radius 1 is 1.31 bits per heavy atom. The van der Waals surface area contributed by atoms with Crippen LogP contribution in [0, 0.1) is 5.41 Å². The second-order valence-electron chi connectivity index (χ2n) is 2.74. The number of fused-ring (bicyclic) bond motifs is 1. The van der Waals surface area contributed by atoms with Crippen molar-refractivity contribution in [2.24, 2.45) is 4.99 Å². The molecular weight excluding hydrogens is 164 g/mol. The van der Waals surface area contributed by atoms with Crippen LogP contribution >= 0.6 is 0 Å². The van der Waals surface area contributed by atoms with Crippen LogP contribution in [0.1, 0.15) is 18.1 Å². The third kappa shape index (κ3) is 1.22. The fraction of sp³-hybridized carbons (Fsp3) is 0.200. The zero-order valence-electron chi connectivity index (χ0n) is 7.37. The molecule has 0 unspecified atom stereocenters. The van der Waals surface area contributed by atoms with Gasteiger partial charge >= 0.3 is 0 Å². The van der Waals surface area contributed by atoms with E-state index in [-0.39, 0.29) is 0 Å². The Hall–Kier alpha value is -1.64. The van der Waals surface area contributed by atoms with Gasteiger partial charge in [0.2, 0.25) is 5.90 Å². The first-order valence-corrected chi connectivity index (χ1v) is 4.22. The summed E-state index contributed by atoms with van der Waals surface area (Å²) >= 11 is 0. The number of hydrogen-bond donors (Lipinski definition) is 1. The largest absolute Gasteiger partial charge is 0.477 e. The van der Waals surface area contributed by atoms with Gasteiger partial charge in [-0.05, 0) is 13.0 Å². The summed E-state index contributed by atoms with van der Waals surface area (Å²) in [6.07, 6.45) is 0. The molecule has 1 aliphatic heterocycles. The minimum Gasteiger partial charge on any atom is -0.477 e. The summed E-state index contributed by atoms with van der Waals surface area (Å²) < 4.78 is 5.31. The highest BCUT2D eigenvalue weighted by molar-refractivity contribution is 6.19. The minimum absolute atomic E-state index is 0.291. The number of ether oxygens (including phenoxy) is 1. The third-order valence-electron chi connectivity index (χ3n) is 1.91. The van der Waals surface area contributed by atoms with E-state index in [4.69, 9.17) is 10.1 Å². The molecule has 1 aromatic rings. The van der Waals surface area contributed by atoms with Gasteiger partial charge < -0.3 is 4.74 Å². The summed E-state index contributed by atoms with van der Waals surface area (Å²) in [6, 6.07) is 7.63. The fourth-order valence-electron chi connectivity index (χ4n) is 1.34. The third-order valence-corrected chi connectivity index (χ3v) is 1.91. The van der Waals surface area contributed by atoms with Gasteiger partial charge in [0, 0.05) is 11.1 Å². The maximum Gasteiger partial charge on any atom is 0.223 e. The van der Waals surface area contributed by atoms with E-state index in [1.807, 2.05) is 31.2 Å². The maximum absolute atomic E-state index is 7.57. The molecule has 0 saturated carbocycles. The number of rotatable bonds is 1. The number of amidine groups is 1. The standard InChI is InChI=1S/C10H10N2O/c1-2-13-10-8-6-4-3-5-7(8)9(11)12-10/h3-6,11H,2H2,1H3. The van der Waals surface area contributed by atoms with Gasteiger partial charge in [0.05, 0.1) is 6.61 Å². The van der Waals surface area contributed by atoms with Gasteiger partial charge in [0.25, 0.3) is 0 Å². The number of nitrogens with one attached hydrogen (secondary N) is 1. The minimum atomic E-state index is 0.291. The Labute approximate surface area is 76.6 Å². The van der Waals surface area contributed by atoms with E-state index in [1.54, 1.807) is 0 Å². The monoisotopic (exact) mass is 174 g/mol. The fourth-order valence-corrected chi connectivity index (χ4v) is 1.34. The summed E-state index contributed by atoms with van der Waals surface area (Å²) in [6.45, 7) is 2.49. The van der Waals surface area contributed by atoms with Gasteiger partial charge in [0.1, 0.15) is 0 Å². The zero-order chi connectivity index (χ0) is 9.26. The Bertz CT molecular complexity index is 382. The predicted molar refractivity (Wildman–Crippen MR) is 51.4 cm³/mol. The van der Waals surface area contributed by atoms with Crippen molar-refractivity contribution in [2.45, 2.75) is 6.92 Å². The van der Waals surface area contributed by atoms with Crippen molar-refractivity contribution in [3.63, 3.8) is 0 Å². The predicted octanol–water partition coefficient (Wildman–Crippen LogP) is 1.81. The lowest BCUT2D eigenvalue weighted by molar-refractivity contribution is 0.330. The average molecular weight is 174 g/mol. The smallest absolute Gasteiger partial charge is 0.223 e. The molecule has 0 spiro atoms. The molecule has 13 heavy (non-hydrogen) atoms. The van der Waals surface area contributed by atoms with E-state index in [1.165, 1.54) is 0 Å². The molecule has 3 heteroatoms. The maximum atomic E-state index is 7.57. The molecule has 0 saturated heterocycles. The number of nitrogens with zero attached hydrogens (tertiary/aromatic N) is 1. The second-order valence-corrected chi connectivity index (χ2v) is 2.74. The molecular formula is C10H10N2O. The lowest BCUT2D eigenvalue weighted by Gasteiger charge is -2.01. The van der Waals surface area contributed by atoms with Gasteiger partial charge in [0.15, 0.2) is 5.84 Å². The second kappa shape index (κ2) is 3.01. The summed E-state index contributed by atoms with van der Waals surface area (Å²) in [5, 5.41) is 7.57. The van der Waals surface area contributed by atoms with E-state index in [9.17, 15) is 0 Å². The molecule has 0 fully saturated rings. The SMILES string of the molecule is CCOC1=NC(=N)c2ccccc21. The number of benzene rings is 1. The Balaban J connectivity index is 2.45. The molecule has 0 aromatic heterocycles. The molecule has 1 N–H and O–H groups in total. The molecule has 3 nitrogen and oxygen atoms in total. The van der Waals surface area contributed by atoms with Crippen molar-refractivity contribution in [1.29, 1.82) is 5.41 Å². The molecule has 0 radical (unpaired) electrons. The van der Waals surface area contributed by atoms with Crippen LogP contribution in [0.25, 0.3) is 0 Å². The highest BCUT2D eigenvalue weighted by atomic mass is 16.5. The summed E-state index contributed by atoms with van der Waals surface area (Å²) in [5.74, 6) is 0.863. The first-order valence-electron chi connectivity index (χ1n) is 4.22. The Kier molecular flexibility index (Phi) is 1.85. The summed E-state index contributed by atoms with van der Waals surface area (Å²) in [7, 11) is 0. The van der Waals surface area contributed by atoms with E-state index in [2.05, 4.69) is 4.99 Å². The van der Waals surface area contributed by atoms with E-state index >= 15 is 0 Å². The molecule has 66 valence electrons. The van der Waals surface area contributed by atoms with Crippen LogP contribution in [0.5, 0.6) is 0 Å². The van der Waals surface area contributed by atoms with Crippen LogP contribution in [-0.4, -0.2) is 18.3 Å². The van der Waals surface area contributed by atoms with Crippen molar-refractivity contribution in [3.05, 3.63) is 35.4 Å². The van der Waals surface area contributed by atoms with E-state index in [0.717, 1.165) is 11.1 Å². The summed E-state index contributed by atoms with van der Waals surface area (Å²) in [4.78, 5) is 4.02. The van der Waals surface area contributed by atoms with Crippen molar-refractivity contribution in [3.8, 4) is 0 Å². The van der Waals surface area contributed by atoms with E-state index in [0.29, 0.717) is 18.3 Å². The van der Waals surface area contributed by atoms with Crippen LogP contribution in [0.3, 0.4) is 0 Å². The number of aliphatic imine (C=N–C) groups is 1. The van der Waals surface area contributed by atoms with Crippen molar-refractivity contribution in [2.75, 3.05) is 6.61 Å². The lowest BCUT2D eigenvalue weighted by atomic mass is 10.1. The highest BCUT2D eigenvalue weighted by Gasteiger charge is 2.20. The summed E-state index contributed by atoms with van der Waals surface area (Å²) in [5.41, 5.74) is 1.78. The Morgan fingerprint density at radius 2 is 2.00 bits per heavy atom.